The highest BCUT2D eigenvalue weighted by molar-refractivity contribution is 6.05. The minimum Gasteiger partial charge on any atom is -0.491 e. The number of amides is 1. The average molecular weight is 364 g/mol. The van der Waals surface area contributed by atoms with Crippen LogP contribution < -0.4 is 15.6 Å². The van der Waals surface area contributed by atoms with E-state index >= 15 is 0 Å². The summed E-state index contributed by atoms with van der Waals surface area (Å²) in [5.41, 5.74) is 2.80. The second kappa shape index (κ2) is 8.08. The number of hydrogen-bond acceptors (Lipinski definition) is 3. The molecule has 140 valence electrons. The number of fused-ring (bicyclic) bond motifs is 1. The van der Waals surface area contributed by atoms with E-state index in [9.17, 15) is 9.59 Å². The number of H-pyrrole nitrogens is 1. The molecule has 2 aromatic carbocycles. The highest BCUT2D eigenvalue weighted by atomic mass is 16.5. The normalized spacial score (nSPS) is 11.0. The molecule has 27 heavy (non-hydrogen) atoms. The van der Waals surface area contributed by atoms with Crippen molar-refractivity contribution in [1.29, 1.82) is 0 Å². The van der Waals surface area contributed by atoms with Crippen LogP contribution in [0.4, 0.5) is 5.69 Å². The van der Waals surface area contributed by atoms with Crippen molar-refractivity contribution in [3.8, 4) is 5.75 Å². The van der Waals surface area contributed by atoms with Crippen LogP contribution in [0.15, 0.2) is 53.3 Å². The van der Waals surface area contributed by atoms with Gasteiger partial charge in [0.05, 0.1) is 11.6 Å². The molecular formula is C22H24N2O3. The van der Waals surface area contributed by atoms with Gasteiger partial charge in [-0.15, -0.1) is 0 Å². The van der Waals surface area contributed by atoms with Gasteiger partial charge in [-0.2, -0.15) is 0 Å². The molecule has 1 amide bonds. The highest BCUT2D eigenvalue weighted by Crippen LogP contribution is 2.21. The molecule has 0 atom stereocenters. The fourth-order valence-corrected chi connectivity index (χ4v) is 3.05. The third-order valence-corrected chi connectivity index (χ3v) is 4.19. The van der Waals surface area contributed by atoms with E-state index in [-0.39, 0.29) is 17.6 Å². The number of rotatable bonds is 6. The number of nitrogens with one attached hydrogen (secondary N) is 2. The van der Waals surface area contributed by atoms with Gasteiger partial charge >= 0.3 is 0 Å². The van der Waals surface area contributed by atoms with Gasteiger partial charge in [-0.25, -0.2) is 0 Å². The summed E-state index contributed by atoms with van der Waals surface area (Å²) in [6.07, 6.45) is 1.90. The molecule has 0 bridgehead atoms. The molecule has 0 unspecified atom stereocenters. The molecule has 2 N–H and O–H groups in total. The van der Waals surface area contributed by atoms with Gasteiger partial charge in [0.25, 0.3) is 5.91 Å². The van der Waals surface area contributed by atoms with Crippen molar-refractivity contribution in [1.82, 2.24) is 4.98 Å². The minimum absolute atomic E-state index is 0.0852. The lowest BCUT2D eigenvalue weighted by Gasteiger charge is -2.11. The van der Waals surface area contributed by atoms with E-state index in [2.05, 4.69) is 17.2 Å². The zero-order chi connectivity index (χ0) is 19.4. The molecule has 1 aromatic heterocycles. The van der Waals surface area contributed by atoms with Crippen LogP contribution >= 0.6 is 0 Å². The number of carbonyl (C=O) groups is 1. The monoisotopic (exact) mass is 364 g/mol. The number of benzene rings is 2. The fraction of sp³-hybridized carbons (Fsp3) is 0.273. The van der Waals surface area contributed by atoms with Crippen LogP contribution in [0.5, 0.6) is 5.75 Å². The Hall–Kier alpha value is -3.08. The summed E-state index contributed by atoms with van der Waals surface area (Å²) in [5, 5.41) is 3.88. The number of aromatic nitrogens is 1. The smallest absolute Gasteiger partial charge is 0.255 e. The predicted octanol–water partition coefficient (Wildman–Crippen LogP) is 4.52. The van der Waals surface area contributed by atoms with Crippen LogP contribution in [0, 0.1) is 0 Å². The number of pyridine rings is 1. The molecule has 0 aliphatic carbocycles. The zero-order valence-electron chi connectivity index (χ0n) is 15.8. The lowest BCUT2D eigenvalue weighted by atomic mass is 10.0. The van der Waals surface area contributed by atoms with Crippen LogP contribution in [0.1, 0.15) is 43.1 Å². The molecule has 1 heterocycles. The third kappa shape index (κ3) is 4.56. The molecule has 0 radical (unpaired) electrons. The second-order valence-corrected chi connectivity index (χ2v) is 6.81. The van der Waals surface area contributed by atoms with E-state index in [0.29, 0.717) is 11.3 Å². The lowest BCUT2D eigenvalue weighted by molar-refractivity contribution is 0.102. The van der Waals surface area contributed by atoms with Gasteiger partial charge in [-0.05, 0) is 62.2 Å². The number of aryl methyl sites for hydroxylation is 1. The fourth-order valence-electron chi connectivity index (χ4n) is 3.05. The summed E-state index contributed by atoms with van der Waals surface area (Å²) in [4.78, 5) is 27.2. The van der Waals surface area contributed by atoms with E-state index in [4.69, 9.17) is 4.74 Å². The maximum absolute atomic E-state index is 12.5. The Kier molecular flexibility index (Phi) is 5.60. The molecule has 0 spiro atoms. The van der Waals surface area contributed by atoms with E-state index in [1.807, 2.05) is 26.0 Å². The quantitative estimate of drug-likeness (QED) is 0.675. The molecule has 0 aliphatic heterocycles. The second-order valence-electron chi connectivity index (χ2n) is 6.81. The average Bonchev–Trinajstić information content (AvgIpc) is 2.61. The van der Waals surface area contributed by atoms with Crippen LogP contribution in [0.25, 0.3) is 10.9 Å². The van der Waals surface area contributed by atoms with Gasteiger partial charge in [0.2, 0.25) is 5.56 Å². The molecule has 5 nitrogen and oxygen atoms in total. The molecule has 0 aliphatic rings. The standard InChI is InChI=1S/C22H24N2O3/c1-4-5-16-12-21(25)24-20-13-17(8-11-19(16)20)23-22(26)15-6-9-18(10-7-15)27-14(2)3/h6-14H,4-5H2,1-3H3,(H,23,26)(H,24,25). The van der Waals surface area contributed by atoms with Crippen molar-refractivity contribution in [2.75, 3.05) is 5.32 Å². The summed E-state index contributed by atoms with van der Waals surface area (Å²) >= 11 is 0. The summed E-state index contributed by atoms with van der Waals surface area (Å²) in [6, 6.07) is 14.3. The number of aromatic amines is 1. The van der Waals surface area contributed by atoms with Crippen molar-refractivity contribution in [3.05, 3.63) is 70.0 Å². The van der Waals surface area contributed by atoms with E-state index in [1.165, 1.54) is 0 Å². The van der Waals surface area contributed by atoms with Gasteiger partial charge in [0.15, 0.2) is 0 Å². The molecule has 3 aromatic rings. The Bertz CT molecular complexity index is 1000. The Morgan fingerprint density at radius 1 is 1.11 bits per heavy atom. The van der Waals surface area contributed by atoms with Crippen molar-refractivity contribution in [3.63, 3.8) is 0 Å². The van der Waals surface area contributed by atoms with Gasteiger partial charge in [-0.1, -0.05) is 19.4 Å². The first-order chi connectivity index (χ1) is 13.0. The minimum atomic E-state index is -0.211. The molecular weight excluding hydrogens is 340 g/mol. The van der Waals surface area contributed by atoms with Crippen molar-refractivity contribution < 1.29 is 9.53 Å². The molecule has 0 saturated heterocycles. The number of anilines is 1. The van der Waals surface area contributed by atoms with E-state index in [1.54, 1.807) is 36.4 Å². The molecule has 3 rings (SSSR count). The molecule has 5 heteroatoms. The topological polar surface area (TPSA) is 71.2 Å². The first kappa shape index (κ1) is 18.7. The Balaban J connectivity index is 1.81. The maximum atomic E-state index is 12.5. The number of ether oxygens (including phenoxy) is 1. The van der Waals surface area contributed by atoms with Crippen LogP contribution in [0.3, 0.4) is 0 Å². The van der Waals surface area contributed by atoms with Gasteiger partial charge in [0.1, 0.15) is 5.75 Å². The van der Waals surface area contributed by atoms with Crippen molar-refractivity contribution in [2.24, 2.45) is 0 Å². The first-order valence-corrected chi connectivity index (χ1v) is 9.20. The van der Waals surface area contributed by atoms with E-state index < -0.39 is 0 Å². The number of carbonyl (C=O) groups excluding carboxylic acids is 1. The summed E-state index contributed by atoms with van der Waals surface area (Å²) < 4.78 is 5.59. The van der Waals surface area contributed by atoms with Gasteiger partial charge < -0.3 is 15.0 Å². The SMILES string of the molecule is CCCc1cc(=O)[nH]c2cc(NC(=O)c3ccc(OC(C)C)cc3)ccc12. The van der Waals surface area contributed by atoms with E-state index in [0.717, 1.165) is 35.1 Å². The number of hydrogen-bond donors (Lipinski definition) is 2. The van der Waals surface area contributed by atoms with Crippen LogP contribution in [-0.2, 0) is 6.42 Å². The van der Waals surface area contributed by atoms with Gasteiger partial charge in [0, 0.05) is 22.7 Å². The summed E-state index contributed by atoms with van der Waals surface area (Å²) in [6.45, 7) is 5.99. The van der Waals surface area contributed by atoms with Crippen LogP contribution in [0.2, 0.25) is 0 Å². The Morgan fingerprint density at radius 2 is 1.85 bits per heavy atom. The predicted molar refractivity (Wildman–Crippen MR) is 109 cm³/mol. The summed E-state index contributed by atoms with van der Waals surface area (Å²) in [7, 11) is 0. The van der Waals surface area contributed by atoms with Crippen molar-refractivity contribution in [2.45, 2.75) is 39.7 Å². The summed E-state index contributed by atoms with van der Waals surface area (Å²) in [5.74, 6) is 0.519. The van der Waals surface area contributed by atoms with Crippen molar-refractivity contribution >= 4 is 22.5 Å². The largest absolute Gasteiger partial charge is 0.491 e. The lowest BCUT2D eigenvalue weighted by Crippen LogP contribution is -2.13. The molecule has 0 saturated carbocycles. The van der Waals surface area contributed by atoms with Gasteiger partial charge in [-0.3, -0.25) is 9.59 Å². The Labute approximate surface area is 158 Å². The highest BCUT2D eigenvalue weighted by Gasteiger charge is 2.09. The maximum Gasteiger partial charge on any atom is 0.255 e. The zero-order valence-corrected chi connectivity index (χ0v) is 15.8. The Morgan fingerprint density at radius 3 is 2.52 bits per heavy atom. The third-order valence-electron chi connectivity index (χ3n) is 4.19. The van der Waals surface area contributed by atoms with Crippen LogP contribution in [-0.4, -0.2) is 17.0 Å². The molecule has 0 fully saturated rings. The first-order valence-electron chi connectivity index (χ1n) is 9.20.